The van der Waals surface area contributed by atoms with Crippen molar-refractivity contribution >= 4 is 11.7 Å². The number of anilines is 1. The first-order valence-electron chi connectivity index (χ1n) is 6.75. The highest BCUT2D eigenvalue weighted by molar-refractivity contribution is 6.06. The van der Waals surface area contributed by atoms with E-state index in [1.165, 1.54) is 7.11 Å². The lowest BCUT2D eigenvalue weighted by atomic mass is 10.1. The summed E-state index contributed by atoms with van der Waals surface area (Å²) in [6.07, 6.45) is 1.91. The number of aryl methyl sites for hydroxylation is 1. The molecular formula is C15H19N3O3. The van der Waals surface area contributed by atoms with Crippen LogP contribution in [0.3, 0.4) is 0 Å². The average Bonchev–Trinajstić information content (AvgIpc) is 2.94. The maximum atomic E-state index is 12.3. The lowest BCUT2D eigenvalue weighted by Gasteiger charge is -2.09. The Morgan fingerprint density at radius 2 is 2.10 bits per heavy atom. The van der Waals surface area contributed by atoms with Crippen molar-refractivity contribution in [3.05, 3.63) is 35.5 Å². The predicted molar refractivity (Wildman–Crippen MR) is 80.1 cm³/mol. The van der Waals surface area contributed by atoms with Crippen LogP contribution in [0.15, 0.2) is 24.3 Å². The van der Waals surface area contributed by atoms with Crippen LogP contribution >= 0.6 is 0 Å². The molecule has 0 aliphatic carbocycles. The van der Waals surface area contributed by atoms with E-state index in [1.54, 1.807) is 25.3 Å². The number of amides is 1. The highest BCUT2D eigenvalue weighted by atomic mass is 16.5. The average molecular weight is 289 g/mol. The van der Waals surface area contributed by atoms with Gasteiger partial charge < -0.3 is 14.8 Å². The van der Waals surface area contributed by atoms with Crippen LogP contribution in [-0.4, -0.2) is 30.3 Å². The molecule has 2 aromatic rings. The van der Waals surface area contributed by atoms with Crippen molar-refractivity contribution < 1.29 is 14.3 Å². The quantitative estimate of drug-likeness (QED) is 0.857. The van der Waals surface area contributed by atoms with Crippen molar-refractivity contribution in [1.29, 1.82) is 0 Å². The number of benzene rings is 1. The van der Waals surface area contributed by atoms with Crippen molar-refractivity contribution in [2.45, 2.75) is 19.8 Å². The van der Waals surface area contributed by atoms with E-state index in [-0.39, 0.29) is 5.91 Å². The molecule has 1 amide bonds. The number of carbonyl (C=O) groups excluding carboxylic acids is 1. The molecule has 0 saturated heterocycles. The summed E-state index contributed by atoms with van der Waals surface area (Å²) in [7, 11) is 3.07. The fourth-order valence-corrected chi connectivity index (χ4v) is 2.00. The number of methoxy groups -OCH3 is 2. The van der Waals surface area contributed by atoms with Crippen molar-refractivity contribution in [2.24, 2.45) is 0 Å². The Morgan fingerprint density at radius 1 is 1.29 bits per heavy atom. The van der Waals surface area contributed by atoms with E-state index >= 15 is 0 Å². The van der Waals surface area contributed by atoms with E-state index in [2.05, 4.69) is 22.4 Å². The lowest BCUT2D eigenvalue weighted by molar-refractivity contribution is 0.102. The van der Waals surface area contributed by atoms with Gasteiger partial charge in [0.25, 0.3) is 5.91 Å². The number of aromatic amines is 1. The number of aromatic nitrogens is 2. The van der Waals surface area contributed by atoms with E-state index < -0.39 is 0 Å². The summed E-state index contributed by atoms with van der Waals surface area (Å²) in [5.74, 6) is 1.28. The van der Waals surface area contributed by atoms with E-state index in [1.807, 2.05) is 6.07 Å². The van der Waals surface area contributed by atoms with Gasteiger partial charge in [0.1, 0.15) is 11.5 Å². The van der Waals surface area contributed by atoms with E-state index in [4.69, 9.17) is 9.47 Å². The van der Waals surface area contributed by atoms with Gasteiger partial charge in [-0.2, -0.15) is 5.10 Å². The van der Waals surface area contributed by atoms with Gasteiger partial charge in [0.15, 0.2) is 5.82 Å². The molecule has 0 atom stereocenters. The second-order valence-corrected chi connectivity index (χ2v) is 4.55. The van der Waals surface area contributed by atoms with Crippen LogP contribution in [0.25, 0.3) is 0 Å². The number of carbonyl (C=O) groups is 1. The van der Waals surface area contributed by atoms with Gasteiger partial charge in [-0.3, -0.25) is 9.89 Å². The highest BCUT2D eigenvalue weighted by Gasteiger charge is 2.15. The standard InChI is InChI=1S/C15H19N3O3/c1-4-5-10-8-14(18-17-10)16-15(19)12-9-11(20-2)6-7-13(12)21-3/h6-9H,4-5H2,1-3H3,(H2,16,17,18,19). The molecular weight excluding hydrogens is 270 g/mol. The number of hydrogen-bond acceptors (Lipinski definition) is 4. The second-order valence-electron chi connectivity index (χ2n) is 4.55. The number of H-pyrrole nitrogens is 1. The first kappa shape index (κ1) is 14.9. The molecule has 6 nitrogen and oxygen atoms in total. The Labute approximate surface area is 123 Å². The molecule has 0 radical (unpaired) electrons. The van der Waals surface area contributed by atoms with Gasteiger partial charge in [0, 0.05) is 11.8 Å². The number of hydrogen-bond donors (Lipinski definition) is 2. The van der Waals surface area contributed by atoms with Gasteiger partial charge >= 0.3 is 0 Å². The van der Waals surface area contributed by atoms with Crippen LogP contribution in [-0.2, 0) is 6.42 Å². The molecule has 0 unspecified atom stereocenters. The molecule has 6 heteroatoms. The molecule has 0 aliphatic rings. The van der Waals surface area contributed by atoms with Crippen LogP contribution in [0, 0.1) is 0 Å². The summed E-state index contributed by atoms with van der Waals surface area (Å²) in [6.45, 7) is 2.08. The summed E-state index contributed by atoms with van der Waals surface area (Å²) >= 11 is 0. The monoisotopic (exact) mass is 289 g/mol. The van der Waals surface area contributed by atoms with Gasteiger partial charge in [-0.05, 0) is 24.6 Å². The molecule has 1 aromatic heterocycles. The summed E-state index contributed by atoms with van der Waals surface area (Å²) < 4.78 is 10.3. The van der Waals surface area contributed by atoms with Crippen molar-refractivity contribution in [3.63, 3.8) is 0 Å². The fraction of sp³-hybridized carbons (Fsp3) is 0.333. The van der Waals surface area contributed by atoms with Crippen LogP contribution in [0.2, 0.25) is 0 Å². The number of nitrogens with zero attached hydrogens (tertiary/aromatic N) is 1. The largest absolute Gasteiger partial charge is 0.497 e. The van der Waals surface area contributed by atoms with Gasteiger partial charge in [0.2, 0.25) is 0 Å². The van der Waals surface area contributed by atoms with Crippen molar-refractivity contribution in [2.75, 3.05) is 19.5 Å². The Bertz CT molecular complexity index is 622. The SMILES string of the molecule is CCCc1cc(NC(=O)c2cc(OC)ccc2OC)n[nH]1. The molecule has 21 heavy (non-hydrogen) atoms. The summed E-state index contributed by atoms with van der Waals surface area (Å²) in [4.78, 5) is 12.3. The van der Waals surface area contributed by atoms with Crippen LogP contribution < -0.4 is 14.8 Å². The number of nitrogens with one attached hydrogen (secondary N) is 2. The molecule has 0 fully saturated rings. The summed E-state index contributed by atoms with van der Waals surface area (Å²) in [5.41, 5.74) is 1.39. The van der Waals surface area contributed by atoms with E-state index in [0.717, 1.165) is 18.5 Å². The molecule has 0 saturated carbocycles. The first-order chi connectivity index (χ1) is 10.2. The van der Waals surface area contributed by atoms with Gasteiger partial charge in [-0.1, -0.05) is 13.3 Å². The maximum absolute atomic E-state index is 12.3. The lowest BCUT2D eigenvalue weighted by Crippen LogP contribution is -2.13. The van der Waals surface area contributed by atoms with Gasteiger partial charge in [0.05, 0.1) is 19.8 Å². The molecule has 1 aromatic carbocycles. The van der Waals surface area contributed by atoms with Crippen LogP contribution in [0.4, 0.5) is 5.82 Å². The zero-order valence-corrected chi connectivity index (χ0v) is 12.4. The van der Waals surface area contributed by atoms with Gasteiger partial charge in [-0.25, -0.2) is 0 Å². The molecule has 2 rings (SSSR count). The summed E-state index contributed by atoms with van der Waals surface area (Å²) in [6, 6.07) is 6.89. The van der Waals surface area contributed by atoms with Crippen molar-refractivity contribution in [3.8, 4) is 11.5 Å². The maximum Gasteiger partial charge on any atom is 0.260 e. The minimum Gasteiger partial charge on any atom is -0.497 e. The smallest absolute Gasteiger partial charge is 0.260 e. The second kappa shape index (κ2) is 6.78. The van der Waals surface area contributed by atoms with E-state index in [0.29, 0.717) is 22.9 Å². The Kier molecular flexibility index (Phi) is 4.81. The van der Waals surface area contributed by atoms with Crippen LogP contribution in [0.1, 0.15) is 29.4 Å². The normalized spacial score (nSPS) is 10.2. The predicted octanol–water partition coefficient (Wildman–Crippen LogP) is 2.63. The van der Waals surface area contributed by atoms with E-state index in [9.17, 15) is 4.79 Å². The molecule has 0 spiro atoms. The Morgan fingerprint density at radius 3 is 2.76 bits per heavy atom. The first-order valence-corrected chi connectivity index (χ1v) is 6.75. The zero-order chi connectivity index (χ0) is 15.2. The third kappa shape index (κ3) is 3.53. The van der Waals surface area contributed by atoms with Crippen molar-refractivity contribution in [1.82, 2.24) is 10.2 Å². The number of ether oxygens (including phenoxy) is 2. The third-order valence-electron chi connectivity index (χ3n) is 3.04. The topological polar surface area (TPSA) is 76.2 Å². The molecule has 1 heterocycles. The molecule has 0 aliphatic heterocycles. The third-order valence-corrected chi connectivity index (χ3v) is 3.04. The minimum absolute atomic E-state index is 0.291. The Hall–Kier alpha value is -2.50. The van der Waals surface area contributed by atoms with Crippen LogP contribution in [0.5, 0.6) is 11.5 Å². The minimum atomic E-state index is -0.291. The molecule has 112 valence electrons. The number of rotatable bonds is 6. The molecule has 0 bridgehead atoms. The Balaban J connectivity index is 2.18. The molecule has 2 N–H and O–H groups in total. The summed E-state index contributed by atoms with van der Waals surface area (Å²) in [5, 5.41) is 9.71. The fourth-order valence-electron chi connectivity index (χ4n) is 2.00. The highest BCUT2D eigenvalue weighted by Crippen LogP contribution is 2.24. The zero-order valence-electron chi connectivity index (χ0n) is 12.4. The van der Waals surface area contributed by atoms with Gasteiger partial charge in [-0.15, -0.1) is 0 Å².